The van der Waals surface area contributed by atoms with Crippen molar-refractivity contribution in [2.75, 3.05) is 0 Å². The van der Waals surface area contributed by atoms with E-state index in [4.69, 9.17) is 32.8 Å². The lowest BCUT2D eigenvalue weighted by atomic mass is 10.1. The number of nitrogens with zero attached hydrogens (tertiary/aromatic N) is 1. The molecule has 0 aliphatic rings. The Morgan fingerprint density at radius 1 is 0.938 bits per heavy atom. The highest BCUT2D eigenvalue weighted by molar-refractivity contribution is 6.42. The van der Waals surface area contributed by atoms with Crippen LogP contribution in [0.3, 0.4) is 0 Å². The third kappa shape index (κ3) is 6.24. The summed E-state index contributed by atoms with van der Waals surface area (Å²) < 4.78 is 43.0. The van der Waals surface area contributed by atoms with Crippen LogP contribution in [0.4, 0.5) is 13.2 Å². The molecule has 0 aromatic heterocycles. The van der Waals surface area contributed by atoms with Gasteiger partial charge in [0.1, 0.15) is 12.4 Å². The molecule has 0 spiro atoms. The summed E-state index contributed by atoms with van der Waals surface area (Å²) in [7, 11) is 0. The Morgan fingerprint density at radius 2 is 1.66 bits per heavy atom. The Kier molecular flexibility index (Phi) is 7.43. The molecule has 166 valence electrons. The molecule has 0 radical (unpaired) electrons. The van der Waals surface area contributed by atoms with Crippen LogP contribution < -0.4 is 4.74 Å². The highest BCUT2D eigenvalue weighted by Crippen LogP contribution is 2.30. The molecule has 4 nitrogen and oxygen atoms in total. The molecule has 32 heavy (non-hydrogen) atoms. The summed E-state index contributed by atoms with van der Waals surface area (Å²) in [4.78, 5) is 17.7. The fourth-order valence-corrected chi connectivity index (χ4v) is 2.94. The van der Waals surface area contributed by atoms with E-state index in [9.17, 15) is 18.0 Å². The number of hydrogen-bond donors (Lipinski definition) is 0. The van der Waals surface area contributed by atoms with Gasteiger partial charge in [-0.2, -0.15) is 13.2 Å². The van der Waals surface area contributed by atoms with Gasteiger partial charge in [0.15, 0.2) is 0 Å². The highest BCUT2D eigenvalue weighted by atomic mass is 35.5. The SMILES string of the molecule is CC(=NOCc1cccc(C(=O)Oc2ccc(C(F)(F)F)cc2)c1)c1ccc(Cl)c(Cl)c1. The van der Waals surface area contributed by atoms with E-state index in [1.165, 1.54) is 6.07 Å². The van der Waals surface area contributed by atoms with E-state index in [0.717, 1.165) is 29.8 Å². The maximum Gasteiger partial charge on any atom is 0.416 e. The van der Waals surface area contributed by atoms with Crippen molar-refractivity contribution in [3.63, 3.8) is 0 Å². The van der Waals surface area contributed by atoms with Gasteiger partial charge in [-0.3, -0.25) is 0 Å². The van der Waals surface area contributed by atoms with Gasteiger partial charge in [0.25, 0.3) is 0 Å². The number of hydrogen-bond acceptors (Lipinski definition) is 4. The molecular weight excluding hydrogens is 466 g/mol. The summed E-state index contributed by atoms with van der Waals surface area (Å²) in [5, 5.41) is 4.87. The zero-order valence-electron chi connectivity index (χ0n) is 16.6. The summed E-state index contributed by atoms with van der Waals surface area (Å²) in [6.45, 7) is 1.83. The average molecular weight is 482 g/mol. The van der Waals surface area contributed by atoms with Crippen LogP contribution in [-0.2, 0) is 17.6 Å². The molecule has 0 bridgehead atoms. The largest absolute Gasteiger partial charge is 0.423 e. The third-order valence-corrected chi connectivity index (χ3v) is 5.06. The van der Waals surface area contributed by atoms with Crippen LogP contribution in [0.15, 0.2) is 71.9 Å². The van der Waals surface area contributed by atoms with E-state index in [1.54, 1.807) is 43.3 Å². The van der Waals surface area contributed by atoms with Gasteiger partial charge in [0.05, 0.1) is 26.9 Å². The number of carbonyl (C=O) groups is 1. The lowest BCUT2D eigenvalue weighted by Crippen LogP contribution is -2.10. The number of ether oxygens (including phenoxy) is 1. The first-order chi connectivity index (χ1) is 15.1. The minimum absolute atomic E-state index is 0.00602. The first kappa shape index (κ1) is 23.6. The van der Waals surface area contributed by atoms with E-state index in [0.29, 0.717) is 21.3 Å². The Hall–Kier alpha value is -3.03. The van der Waals surface area contributed by atoms with Crippen LogP contribution in [0.2, 0.25) is 10.0 Å². The second-order valence-electron chi connectivity index (χ2n) is 6.69. The summed E-state index contributed by atoms with van der Waals surface area (Å²) in [5.41, 5.74) is 1.37. The lowest BCUT2D eigenvalue weighted by Gasteiger charge is -2.09. The normalized spacial score (nSPS) is 11.9. The minimum atomic E-state index is -4.46. The molecule has 0 heterocycles. The number of esters is 1. The van der Waals surface area contributed by atoms with Crippen molar-refractivity contribution in [2.24, 2.45) is 5.16 Å². The van der Waals surface area contributed by atoms with Gasteiger partial charge in [0, 0.05) is 5.56 Å². The van der Waals surface area contributed by atoms with Crippen LogP contribution in [-0.4, -0.2) is 11.7 Å². The number of halogens is 5. The fourth-order valence-electron chi connectivity index (χ4n) is 2.64. The molecular formula is C23H16Cl2F3NO3. The predicted octanol–water partition coefficient (Wildman–Crippen LogP) is 7.17. The second kappa shape index (κ2) is 10.1. The van der Waals surface area contributed by atoms with E-state index in [-0.39, 0.29) is 17.9 Å². The van der Waals surface area contributed by atoms with Crippen molar-refractivity contribution in [1.29, 1.82) is 0 Å². The van der Waals surface area contributed by atoms with Gasteiger partial charge in [-0.25, -0.2) is 4.79 Å². The van der Waals surface area contributed by atoms with Crippen LogP contribution in [0.1, 0.15) is 34.0 Å². The summed E-state index contributed by atoms with van der Waals surface area (Å²) in [5.74, 6) is -0.700. The molecule has 0 N–H and O–H groups in total. The number of benzene rings is 3. The van der Waals surface area contributed by atoms with Gasteiger partial charge in [-0.05, 0) is 61.0 Å². The maximum atomic E-state index is 12.6. The lowest BCUT2D eigenvalue weighted by molar-refractivity contribution is -0.137. The molecule has 9 heteroatoms. The quantitative estimate of drug-likeness (QED) is 0.162. The summed E-state index contributed by atoms with van der Waals surface area (Å²) in [6, 6.07) is 15.4. The maximum absolute atomic E-state index is 12.6. The first-order valence-electron chi connectivity index (χ1n) is 9.24. The van der Waals surface area contributed by atoms with E-state index in [1.807, 2.05) is 0 Å². The third-order valence-electron chi connectivity index (χ3n) is 4.32. The van der Waals surface area contributed by atoms with Crippen molar-refractivity contribution in [3.05, 3.63) is 99.0 Å². The van der Waals surface area contributed by atoms with E-state index >= 15 is 0 Å². The predicted molar refractivity (Wildman–Crippen MR) is 116 cm³/mol. The average Bonchev–Trinajstić information content (AvgIpc) is 2.75. The van der Waals surface area contributed by atoms with Crippen LogP contribution in [0.25, 0.3) is 0 Å². The van der Waals surface area contributed by atoms with Crippen molar-refractivity contribution >= 4 is 34.9 Å². The molecule has 3 aromatic carbocycles. The fraction of sp³-hybridized carbons (Fsp3) is 0.130. The van der Waals surface area contributed by atoms with Gasteiger partial charge in [-0.1, -0.05) is 46.6 Å². The van der Waals surface area contributed by atoms with E-state index < -0.39 is 17.7 Å². The monoisotopic (exact) mass is 481 g/mol. The van der Waals surface area contributed by atoms with E-state index in [2.05, 4.69) is 5.16 Å². The minimum Gasteiger partial charge on any atom is -0.423 e. The second-order valence-corrected chi connectivity index (χ2v) is 7.51. The smallest absolute Gasteiger partial charge is 0.416 e. The Labute approximate surface area is 192 Å². The van der Waals surface area contributed by atoms with Crippen molar-refractivity contribution in [3.8, 4) is 5.75 Å². The molecule has 0 saturated heterocycles. The number of oxime groups is 1. The molecule has 0 saturated carbocycles. The Balaban J connectivity index is 1.62. The molecule has 0 unspecified atom stereocenters. The highest BCUT2D eigenvalue weighted by Gasteiger charge is 2.30. The molecule has 0 aliphatic heterocycles. The molecule has 0 amide bonds. The number of carbonyl (C=O) groups excluding carboxylic acids is 1. The standard InChI is InChI=1S/C23H16Cl2F3NO3/c1-14(16-5-10-20(24)21(25)12-16)29-31-13-15-3-2-4-17(11-15)22(30)32-19-8-6-18(7-9-19)23(26,27)28/h2-12H,13H2,1H3. The zero-order chi connectivity index (χ0) is 23.3. The van der Waals surface area contributed by atoms with Gasteiger partial charge in [-0.15, -0.1) is 0 Å². The molecule has 3 rings (SSSR count). The molecule has 0 atom stereocenters. The van der Waals surface area contributed by atoms with Gasteiger partial charge >= 0.3 is 12.1 Å². The Bertz CT molecular complexity index is 1150. The first-order valence-corrected chi connectivity index (χ1v) is 9.99. The van der Waals surface area contributed by atoms with Crippen LogP contribution in [0.5, 0.6) is 5.75 Å². The van der Waals surface area contributed by atoms with Crippen molar-refractivity contribution in [1.82, 2.24) is 0 Å². The van der Waals surface area contributed by atoms with Crippen LogP contribution in [0, 0.1) is 0 Å². The summed E-state index contributed by atoms with van der Waals surface area (Å²) >= 11 is 11.9. The van der Waals surface area contributed by atoms with Crippen LogP contribution >= 0.6 is 23.2 Å². The molecule has 0 fully saturated rings. The number of alkyl halides is 3. The molecule has 0 aliphatic carbocycles. The topological polar surface area (TPSA) is 47.9 Å². The van der Waals surface area contributed by atoms with Gasteiger partial charge in [0.2, 0.25) is 0 Å². The zero-order valence-corrected chi connectivity index (χ0v) is 18.1. The summed E-state index contributed by atoms with van der Waals surface area (Å²) in [6.07, 6.45) is -4.46. The molecule has 3 aromatic rings. The van der Waals surface area contributed by atoms with Crippen molar-refractivity contribution in [2.45, 2.75) is 19.7 Å². The van der Waals surface area contributed by atoms with Crippen molar-refractivity contribution < 1.29 is 27.5 Å². The van der Waals surface area contributed by atoms with Gasteiger partial charge < -0.3 is 9.57 Å². The number of rotatable bonds is 6. The Morgan fingerprint density at radius 3 is 2.31 bits per heavy atom.